The standard InChI is InChI=1S/C15H20N2O6S/c1-10-8-13(4-5-14(10)17(19)20)23-11(2)15(18)16(3)12-6-7-24(21,22)9-12/h4-5,8,11-12H,6-7,9H2,1-3H3/t11-,12-/m0/s1. The van der Waals surface area contributed by atoms with Crippen molar-refractivity contribution in [3.63, 3.8) is 0 Å². The zero-order chi connectivity index (χ0) is 18.1. The minimum absolute atomic E-state index is 0.0189. The van der Waals surface area contributed by atoms with Gasteiger partial charge in [0.25, 0.3) is 11.6 Å². The molecule has 9 heteroatoms. The second-order valence-electron chi connectivity index (χ2n) is 5.97. The number of ether oxygens (including phenoxy) is 1. The molecular weight excluding hydrogens is 336 g/mol. The molecule has 0 radical (unpaired) electrons. The van der Waals surface area contributed by atoms with Crippen LogP contribution in [0.25, 0.3) is 0 Å². The van der Waals surface area contributed by atoms with E-state index in [2.05, 4.69) is 0 Å². The van der Waals surface area contributed by atoms with Crippen molar-refractivity contribution in [1.82, 2.24) is 4.90 Å². The third kappa shape index (κ3) is 4.02. The average molecular weight is 356 g/mol. The van der Waals surface area contributed by atoms with Crippen LogP contribution in [0.1, 0.15) is 18.9 Å². The summed E-state index contributed by atoms with van der Waals surface area (Å²) in [5.74, 6) is 0.0875. The lowest BCUT2D eigenvalue weighted by atomic mass is 10.2. The minimum atomic E-state index is -3.08. The maximum Gasteiger partial charge on any atom is 0.272 e. The largest absolute Gasteiger partial charge is 0.481 e. The second-order valence-corrected chi connectivity index (χ2v) is 8.20. The third-order valence-corrected chi connectivity index (χ3v) is 5.88. The third-order valence-electron chi connectivity index (χ3n) is 4.13. The van der Waals surface area contributed by atoms with Crippen molar-refractivity contribution in [2.24, 2.45) is 0 Å². The molecule has 1 heterocycles. The van der Waals surface area contributed by atoms with E-state index in [4.69, 9.17) is 4.74 Å². The summed E-state index contributed by atoms with van der Waals surface area (Å²) in [7, 11) is -1.51. The first-order valence-electron chi connectivity index (χ1n) is 7.49. The first kappa shape index (κ1) is 18.2. The van der Waals surface area contributed by atoms with Crippen LogP contribution in [0.15, 0.2) is 18.2 Å². The predicted octanol–water partition coefficient (Wildman–Crippen LogP) is 1.32. The molecule has 0 spiro atoms. The van der Waals surface area contributed by atoms with E-state index < -0.39 is 20.9 Å². The first-order chi connectivity index (χ1) is 11.1. The van der Waals surface area contributed by atoms with E-state index in [0.717, 1.165) is 0 Å². The van der Waals surface area contributed by atoms with Crippen molar-refractivity contribution in [1.29, 1.82) is 0 Å². The van der Waals surface area contributed by atoms with Gasteiger partial charge in [0, 0.05) is 24.7 Å². The smallest absolute Gasteiger partial charge is 0.272 e. The number of sulfone groups is 1. The zero-order valence-corrected chi connectivity index (χ0v) is 14.6. The second kappa shape index (κ2) is 6.76. The van der Waals surface area contributed by atoms with Crippen molar-refractivity contribution in [3.8, 4) is 5.75 Å². The molecule has 1 saturated heterocycles. The summed E-state index contributed by atoms with van der Waals surface area (Å²) in [4.78, 5) is 24.1. The number of aryl methyl sites for hydroxylation is 1. The highest BCUT2D eigenvalue weighted by Gasteiger charge is 2.34. The van der Waals surface area contributed by atoms with Gasteiger partial charge in [0.2, 0.25) is 0 Å². The van der Waals surface area contributed by atoms with Gasteiger partial charge in [0.1, 0.15) is 5.75 Å². The van der Waals surface area contributed by atoms with E-state index in [1.165, 1.54) is 23.1 Å². The summed E-state index contributed by atoms with van der Waals surface area (Å²) in [5.41, 5.74) is 0.419. The molecule has 1 aromatic carbocycles. The predicted molar refractivity (Wildman–Crippen MR) is 87.8 cm³/mol. The number of hydrogen-bond acceptors (Lipinski definition) is 6. The summed E-state index contributed by atoms with van der Waals surface area (Å²) in [6.45, 7) is 3.16. The fourth-order valence-electron chi connectivity index (χ4n) is 2.71. The Labute approximate surface area is 140 Å². The van der Waals surface area contributed by atoms with E-state index in [-0.39, 0.29) is 29.1 Å². The molecule has 1 fully saturated rings. The average Bonchev–Trinajstić information content (AvgIpc) is 2.85. The number of carbonyl (C=O) groups is 1. The zero-order valence-electron chi connectivity index (χ0n) is 13.8. The number of benzene rings is 1. The fraction of sp³-hybridized carbons (Fsp3) is 0.533. The highest BCUT2D eigenvalue weighted by Crippen LogP contribution is 2.24. The molecule has 0 unspecified atom stereocenters. The first-order valence-corrected chi connectivity index (χ1v) is 9.31. The number of amides is 1. The van der Waals surface area contributed by atoms with Crippen LogP contribution in [0.4, 0.5) is 5.69 Å². The topological polar surface area (TPSA) is 107 Å². The molecule has 1 aromatic rings. The summed E-state index contributed by atoms with van der Waals surface area (Å²) in [5, 5.41) is 10.8. The SMILES string of the molecule is Cc1cc(O[C@@H](C)C(=O)N(C)[C@H]2CCS(=O)(=O)C2)ccc1[N+](=O)[O-]. The Balaban J connectivity index is 2.04. The molecule has 0 saturated carbocycles. The molecule has 0 aliphatic carbocycles. The van der Waals surface area contributed by atoms with Crippen molar-refractivity contribution in [3.05, 3.63) is 33.9 Å². The molecule has 1 aliphatic rings. The number of carbonyl (C=O) groups excluding carboxylic acids is 1. The molecular formula is C15H20N2O6S. The Kier molecular flexibility index (Phi) is 5.12. The van der Waals surface area contributed by atoms with Crippen LogP contribution >= 0.6 is 0 Å². The van der Waals surface area contributed by atoms with Crippen molar-refractivity contribution in [2.45, 2.75) is 32.4 Å². The molecule has 0 bridgehead atoms. The maximum atomic E-state index is 12.4. The van der Waals surface area contributed by atoms with Crippen LogP contribution in [0.2, 0.25) is 0 Å². The summed E-state index contributed by atoms with van der Waals surface area (Å²) in [6.07, 6.45) is -0.396. The van der Waals surface area contributed by atoms with Crippen LogP contribution in [-0.4, -0.2) is 54.8 Å². The van der Waals surface area contributed by atoms with E-state index in [1.807, 2.05) is 0 Å². The van der Waals surface area contributed by atoms with Crippen molar-refractivity contribution >= 4 is 21.4 Å². The highest BCUT2D eigenvalue weighted by molar-refractivity contribution is 7.91. The highest BCUT2D eigenvalue weighted by atomic mass is 32.2. The van der Waals surface area contributed by atoms with Crippen LogP contribution < -0.4 is 4.74 Å². The van der Waals surface area contributed by atoms with Gasteiger partial charge in [-0.1, -0.05) is 0 Å². The Morgan fingerprint density at radius 1 is 1.46 bits per heavy atom. The number of likely N-dealkylation sites (N-methyl/N-ethyl adjacent to an activating group) is 1. The summed E-state index contributed by atoms with van der Waals surface area (Å²) >= 11 is 0. The molecule has 8 nitrogen and oxygen atoms in total. The van der Waals surface area contributed by atoms with Gasteiger partial charge in [-0.3, -0.25) is 14.9 Å². The lowest BCUT2D eigenvalue weighted by Gasteiger charge is -2.26. The summed E-state index contributed by atoms with van der Waals surface area (Å²) < 4.78 is 28.6. The van der Waals surface area contributed by atoms with E-state index >= 15 is 0 Å². The molecule has 1 aliphatic heterocycles. The molecule has 0 aromatic heterocycles. The van der Waals surface area contributed by atoms with Crippen molar-refractivity contribution in [2.75, 3.05) is 18.6 Å². The number of rotatable bonds is 5. The molecule has 2 rings (SSSR count). The lowest BCUT2D eigenvalue weighted by Crippen LogP contribution is -2.44. The van der Waals surface area contributed by atoms with Gasteiger partial charge >= 0.3 is 0 Å². The quantitative estimate of drug-likeness (QED) is 0.582. The van der Waals surface area contributed by atoms with Gasteiger partial charge in [-0.25, -0.2) is 8.42 Å². The van der Waals surface area contributed by atoms with Gasteiger partial charge < -0.3 is 9.64 Å². The Bertz CT molecular complexity index is 761. The maximum absolute atomic E-state index is 12.4. The molecule has 132 valence electrons. The lowest BCUT2D eigenvalue weighted by molar-refractivity contribution is -0.385. The number of nitro benzene ring substituents is 1. The van der Waals surface area contributed by atoms with E-state index in [1.54, 1.807) is 20.9 Å². The fourth-order valence-corrected chi connectivity index (χ4v) is 4.48. The Morgan fingerprint density at radius 2 is 2.12 bits per heavy atom. The number of hydrogen-bond donors (Lipinski definition) is 0. The van der Waals surface area contributed by atoms with Crippen LogP contribution in [-0.2, 0) is 14.6 Å². The minimum Gasteiger partial charge on any atom is -0.481 e. The molecule has 2 atom stereocenters. The van der Waals surface area contributed by atoms with Crippen LogP contribution in [0, 0.1) is 17.0 Å². The van der Waals surface area contributed by atoms with Gasteiger partial charge in [-0.15, -0.1) is 0 Å². The van der Waals surface area contributed by atoms with Crippen LogP contribution in [0.5, 0.6) is 5.75 Å². The molecule has 1 amide bonds. The van der Waals surface area contributed by atoms with E-state index in [0.29, 0.717) is 17.7 Å². The monoisotopic (exact) mass is 356 g/mol. The number of nitro groups is 1. The Morgan fingerprint density at radius 3 is 2.62 bits per heavy atom. The Hall–Kier alpha value is -2.16. The van der Waals surface area contributed by atoms with Crippen LogP contribution in [0.3, 0.4) is 0 Å². The van der Waals surface area contributed by atoms with Gasteiger partial charge in [-0.05, 0) is 32.4 Å². The van der Waals surface area contributed by atoms with Gasteiger partial charge in [0.15, 0.2) is 15.9 Å². The van der Waals surface area contributed by atoms with Gasteiger partial charge in [-0.2, -0.15) is 0 Å². The van der Waals surface area contributed by atoms with Crippen molar-refractivity contribution < 1.29 is 22.9 Å². The summed E-state index contributed by atoms with van der Waals surface area (Å²) in [6, 6.07) is 3.93. The molecule has 0 N–H and O–H groups in total. The molecule has 24 heavy (non-hydrogen) atoms. The normalized spacial score (nSPS) is 20.4. The van der Waals surface area contributed by atoms with E-state index in [9.17, 15) is 23.3 Å². The number of nitrogens with zero attached hydrogens (tertiary/aromatic N) is 2. The van der Waals surface area contributed by atoms with Gasteiger partial charge in [0.05, 0.1) is 16.4 Å².